The highest BCUT2D eigenvalue weighted by atomic mass is 35.5. The first-order valence-electron chi connectivity index (χ1n) is 12.1. The molecule has 0 aromatic carbocycles. The van der Waals surface area contributed by atoms with E-state index < -0.39 is 15.0 Å². The highest BCUT2D eigenvalue weighted by Gasteiger charge is 2.34. The number of hydrogen-bond acceptors (Lipinski definition) is 7. The lowest BCUT2D eigenvalue weighted by molar-refractivity contribution is -0.121. The molecule has 3 aliphatic rings. The van der Waals surface area contributed by atoms with Gasteiger partial charge in [0.05, 0.1) is 5.75 Å². The van der Waals surface area contributed by atoms with Crippen molar-refractivity contribution in [2.45, 2.75) is 56.1 Å². The SMILES string of the molecule is CS(=O)(=O)CCC(=O)N[C@H]1CC[C@H](CCN2CCN(c3noc4c3CC(F)(Cl)C=C4)CC2)CC1. The van der Waals surface area contributed by atoms with Gasteiger partial charge in [-0.1, -0.05) is 16.8 Å². The molecule has 8 nitrogen and oxygen atoms in total. The molecule has 4 rings (SSSR count). The Morgan fingerprint density at radius 1 is 1.26 bits per heavy atom. The average Bonchev–Trinajstić information content (AvgIpc) is 3.19. The number of carbonyl (C=O) groups excluding carboxylic acids is 1. The molecule has 0 bridgehead atoms. The second-order valence-electron chi connectivity index (χ2n) is 9.90. The molecule has 1 atom stereocenters. The van der Waals surface area contributed by atoms with Crippen molar-refractivity contribution in [1.29, 1.82) is 0 Å². The van der Waals surface area contributed by atoms with Gasteiger partial charge in [0.15, 0.2) is 11.6 Å². The van der Waals surface area contributed by atoms with Gasteiger partial charge in [0.25, 0.3) is 0 Å². The van der Waals surface area contributed by atoms with Gasteiger partial charge in [0.1, 0.15) is 9.84 Å². The summed E-state index contributed by atoms with van der Waals surface area (Å²) in [4.78, 5) is 16.6. The number of rotatable bonds is 8. The van der Waals surface area contributed by atoms with Gasteiger partial charge in [-0.2, -0.15) is 0 Å². The van der Waals surface area contributed by atoms with Crippen molar-refractivity contribution in [2.75, 3.05) is 49.6 Å². The van der Waals surface area contributed by atoms with Crippen LogP contribution in [0.2, 0.25) is 0 Å². The number of allylic oxidation sites excluding steroid dienone is 1. The van der Waals surface area contributed by atoms with Crippen molar-refractivity contribution >= 4 is 39.2 Å². The second-order valence-corrected chi connectivity index (χ2v) is 12.8. The average molecular weight is 517 g/mol. The number of nitrogens with one attached hydrogen (secondary N) is 1. The van der Waals surface area contributed by atoms with E-state index in [0.29, 0.717) is 17.5 Å². The minimum atomic E-state index is -3.11. The molecule has 1 amide bonds. The van der Waals surface area contributed by atoms with E-state index in [1.807, 2.05) is 0 Å². The van der Waals surface area contributed by atoms with Crippen LogP contribution in [0.5, 0.6) is 0 Å². The van der Waals surface area contributed by atoms with Gasteiger partial charge in [-0.3, -0.25) is 9.69 Å². The van der Waals surface area contributed by atoms with Crippen LogP contribution in [0.3, 0.4) is 0 Å². The summed E-state index contributed by atoms with van der Waals surface area (Å²) in [5.41, 5.74) is 0.744. The summed E-state index contributed by atoms with van der Waals surface area (Å²) in [7, 11) is -3.11. The molecule has 190 valence electrons. The Kier molecular flexibility index (Phi) is 7.89. The standard InChI is InChI=1S/C23H34ClFN4O4S/c1-34(31,32)15-8-21(30)26-18-4-2-17(3-5-18)7-10-28-11-13-29(14-12-28)22-19-16-23(24,25)9-6-20(19)33-27-22/h6,9,17-18H,2-5,7-8,10-16H2,1H3,(H,26,30)/t17-,18-,23?. The number of piperazine rings is 1. The number of fused-ring (bicyclic) bond motifs is 1. The zero-order chi connectivity index (χ0) is 24.3. The molecule has 1 saturated heterocycles. The lowest BCUT2D eigenvalue weighted by Crippen LogP contribution is -2.47. The first-order valence-corrected chi connectivity index (χ1v) is 14.5. The number of hydrogen-bond donors (Lipinski definition) is 1. The fourth-order valence-electron chi connectivity index (χ4n) is 5.07. The molecular formula is C23H34ClFN4O4S. The summed E-state index contributed by atoms with van der Waals surface area (Å²) in [5, 5.41) is 5.29. The van der Waals surface area contributed by atoms with Gasteiger partial charge >= 0.3 is 0 Å². The molecule has 1 unspecified atom stereocenters. The highest BCUT2D eigenvalue weighted by molar-refractivity contribution is 7.90. The number of sulfone groups is 1. The summed E-state index contributed by atoms with van der Waals surface area (Å²) in [6.45, 7) is 4.52. The smallest absolute Gasteiger partial charge is 0.221 e. The Morgan fingerprint density at radius 3 is 2.65 bits per heavy atom. The third kappa shape index (κ3) is 6.95. The van der Waals surface area contributed by atoms with E-state index in [0.717, 1.165) is 76.6 Å². The van der Waals surface area contributed by atoms with Crippen molar-refractivity contribution in [3.8, 4) is 0 Å². The number of alkyl halides is 2. The van der Waals surface area contributed by atoms with E-state index in [9.17, 15) is 17.6 Å². The van der Waals surface area contributed by atoms with E-state index in [-0.39, 0.29) is 30.5 Å². The Bertz CT molecular complexity index is 997. The number of halogens is 2. The molecule has 2 aliphatic carbocycles. The normalized spacial score (nSPS) is 28.0. The monoisotopic (exact) mass is 516 g/mol. The Balaban J connectivity index is 1.15. The highest BCUT2D eigenvalue weighted by Crippen LogP contribution is 2.37. The molecule has 34 heavy (non-hydrogen) atoms. The second kappa shape index (κ2) is 10.5. The van der Waals surface area contributed by atoms with Crippen molar-refractivity contribution < 1.29 is 22.1 Å². The van der Waals surface area contributed by atoms with E-state index in [2.05, 4.69) is 20.3 Å². The first kappa shape index (κ1) is 25.4. The van der Waals surface area contributed by atoms with Crippen molar-refractivity contribution in [1.82, 2.24) is 15.4 Å². The molecule has 11 heteroatoms. The van der Waals surface area contributed by atoms with Crippen LogP contribution in [-0.4, -0.2) is 80.3 Å². The predicted octanol–water partition coefficient (Wildman–Crippen LogP) is 2.77. The molecule has 2 heterocycles. The third-order valence-corrected chi connectivity index (χ3v) is 8.33. The van der Waals surface area contributed by atoms with Gasteiger partial charge in [-0.25, -0.2) is 12.8 Å². The van der Waals surface area contributed by atoms with E-state index >= 15 is 0 Å². The quantitative estimate of drug-likeness (QED) is 0.531. The number of amides is 1. The molecule has 1 saturated carbocycles. The maximum absolute atomic E-state index is 14.2. The predicted molar refractivity (Wildman–Crippen MR) is 130 cm³/mol. The lowest BCUT2D eigenvalue weighted by atomic mass is 9.84. The van der Waals surface area contributed by atoms with Crippen LogP contribution in [-0.2, 0) is 21.1 Å². The van der Waals surface area contributed by atoms with Crippen molar-refractivity contribution in [2.24, 2.45) is 5.92 Å². The van der Waals surface area contributed by atoms with Crippen LogP contribution in [0.4, 0.5) is 10.2 Å². The minimum Gasteiger partial charge on any atom is -0.354 e. The van der Waals surface area contributed by atoms with Crippen LogP contribution in [0.1, 0.15) is 49.8 Å². The number of anilines is 1. The van der Waals surface area contributed by atoms with Gasteiger partial charge in [-0.05, 0) is 56.7 Å². The fourth-order valence-corrected chi connectivity index (χ4v) is 5.83. The van der Waals surface area contributed by atoms with Crippen molar-refractivity contribution in [3.63, 3.8) is 0 Å². The number of nitrogens with zero attached hydrogens (tertiary/aromatic N) is 3. The largest absolute Gasteiger partial charge is 0.354 e. The molecule has 1 aliphatic heterocycles. The molecular weight excluding hydrogens is 483 g/mol. The number of aromatic nitrogens is 1. The molecule has 1 aromatic heterocycles. The summed E-state index contributed by atoms with van der Waals surface area (Å²) in [6, 6.07) is 0.158. The number of carbonyl (C=O) groups is 1. The zero-order valence-electron chi connectivity index (χ0n) is 19.6. The van der Waals surface area contributed by atoms with Crippen LogP contribution in [0.25, 0.3) is 6.08 Å². The van der Waals surface area contributed by atoms with E-state index in [1.165, 1.54) is 6.08 Å². The van der Waals surface area contributed by atoms with Crippen LogP contribution < -0.4 is 10.2 Å². The topological polar surface area (TPSA) is 95.8 Å². The van der Waals surface area contributed by atoms with Gasteiger partial charge < -0.3 is 14.7 Å². The van der Waals surface area contributed by atoms with Crippen LogP contribution >= 0.6 is 11.6 Å². The van der Waals surface area contributed by atoms with Gasteiger partial charge in [0, 0.05) is 56.9 Å². The fraction of sp³-hybridized carbons (Fsp3) is 0.739. The third-order valence-electron chi connectivity index (χ3n) is 7.13. The van der Waals surface area contributed by atoms with E-state index in [4.69, 9.17) is 16.1 Å². The maximum Gasteiger partial charge on any atom is 0.221 e. The Morgan fingerprint density at radius 2 is 1.97 bits per heavy atom. The van der Waals surface area contributed by atoms with E-state index in [1.54, 1.807) is 6.08 Å². The first-order chi connectivity index (χ1) is 16.1. The van der Waals surface area contributed by atoms with Crippen molar-refractivity contribution in [3.05, 3.63) is 17.4 Å². The zero-order valence-corrected chi connectivity index (χ0v) is 21.2. The van der Waals surface area contributed by atoms with Gasteiger partial charge in [0.2, 0.25) is 11.0 Å². The summed E-state index contributed by atoms with van der Waals surface area (Å²) in [5.74, 6) is 1.69. The molecule has 0 radical (unpaired) electrons. The Hall–Kier alpha value is -1.65. The van der Waals surface area contributed by atoms with Crippen LogP contribution in [0.15, 0.2) is 10.6 Å². The molecule has 0 spiro atoms. The lowest BCUT2D eigenvalue weighted by Gasteiger charge is -2.36. The molecule has 1 aromatic rings. The molecule has 2 fully saturated rings. The molecule has 1 N–H and O–H groups in total. The van der Waals surface area contributed by atoms with Gasteiger partial charge in [-0.15, -0.1) is 0 Å². The maximum atomic E-state index is 14.2. The van der Waals surface area contributed by atoms with Crippen LogP contribution in [0, 0.1) is 5.92 Å². The summed E-state index contributed by atoms with van der Waals surface area (Å²) in [6.07, 6.45) is 9.34. The Labute approximate surface area is 205 Å². The summed E-state index contributed by atoms with van der Waals surface area (Å²) >= 11 is 5.88. The summed E-state index contributed by atoms with van der Waals surface area (Å²) < 4.78 is 42.0. The minimum absolute atomic E-state index is 0.0408.